The van der Waals surface area contributed by atoms with Crippen molar-refractivity contribution in [1.29, 1.82) is 0 Å². The summed E-state index contributed by atoms with van der Waals surface area (Å²) in [6, 6.07) is 8.94. The van der Waals surface area contributed by atoms with Gasteiger partial charge in [0.05, 0.1) is 5.02 Å². The van der Waals surface area contributed by atoms with E-state index < -0.39 is 5.82 Å². The molecule has 0 fully saturated rings. The van der Waals surface area contributed by atoms with Crippen LogP contribution in [0.15, 0.2) is 46.0 Å². The number of amidine groups is 1. The molecule has 0 aliphatic heterocycles. The van der Waals surface area contributed by atoms with Gasteiger partial charge >= 0.3 is 0 Å². The van der Waals surface area contributed by atoms with E-state index in [0.717, 1.165) is 0 Å². The Morgan fingerprint density at radius 2 is 1.95 bits per heavy atom. The fourth-order valence-electron chi connectivity index (χ4n) is 1.48. The Bertz CT molecular complexity index is 679. The summed E-state index contributed by atoms with van der Waals surface area (Å²) in [6.07, 6.45) is 0. The lowest BCUT2D eigenvalue weighted by Gasteiger charge is -2.09. The molecule has 0 saturated heterocycles. The first kappa shape index (κ1) is 14.6. The molecule has 0 saturated carbocycles. The van der Waals surface area contributed by atoms with E-state index in [1.807, 2.05) is 0 Å². The number of ether oxygens (including phenoxy) is 1. The highest BCUT2D eigenvalue weighted by Crippen LogP contribution is 2.32. The van der Waals surface area contributed by atoms with Crippen molar-refractivity contribution in [3.8, 4) is 11.5 Å². The summed E-state index contributed by atoms with van der Waals surface area (Å²) in [5, 5.41) is 11.7. The third kappa shape index (κ3) is 3.20. The van der Waals surface area contributed by atoms with Gasteiger partial charge < -0.3 is 15.7 Å². The maximum Gasteiger partial charge on any atom is 0.170 e. The highest BCUT2D eigenvalue weighted by Gasteiger charge is 2.10. The van der Waals surface area contributed by atoms with Crippen LogP contribution in [0.2, 0.25) is 5.02 Å². The molecule has 0 bridgehead atoms. The monoisotopic (exact) mass is 358 g/mol. The number of oxime groups is 1. The highest BCUT2D eigenvalue weighted by atomic mass is 79.9. The normalized spacial score (nSPS) is 11.4. The lowest BCUT2D eigenvalue weighted by Crippen LogP contribution is -2.12. The van der Waals surface area contributed by atoms with Crippen LogP contribution < -0.4 is 10.5 Å². The van der Waals surface area contributed by atoms with E-state index in [9.17, 15) is 4.39 Å². The number of rotatable bonds is 3. The number of hydrogen-bond donors (Lipinski definition) is 2. The fourth-order valence-corrected chi connectivity index (χ4v) is 2.03. The van der Waals surface area contributed by atoms with Crippen LogP contribution in [0.4, 0.5) is 4.39 Å². The topological polar surface area (TPSA) is 67.8 Å². The first-order valence-electron chi connectivity index (χ1n) is 5.41. The van der Waals surface area contributed by atoms with Crippen molar-refractivity contribution in [2.75, 3.05) is 0 Å². The van der Waals surface area contributed by atoms with Crippen LogP contribution >= 0.6 is 27.5 Å². The summed E-state index contributed by atoms with van der Waals surface area (Å²) in [5.41, 5.74) is 5.87. The minimum Gasteiger partial charge on any atom is -0.453 e. The molecule has 0 radical (unpaired) electrons. The van der Waals surface area contributed by atoms with Crippen molar-refractivity contribution in [3.05, 3.63) is 57.3 Å². The Balaban J connectivity index is 2.30. The Hall–Kier alpha value is -1.79. The predicted molar refractivity (Wildman–Crippen MR) is 78.1 cm³/mol. The van der Waals surface area contributed by atoms with E-state index in [1.54, 1.807) is 12.1 Å². The van der Waals surface area contributed by atoms with Gasteiger partial charge in [-0.1, -0.05) is 32.7 Å². The van der Waals surface area contributed by atoms with Crippen LogP contribution in [0, 0.1) is 5.82 Å². The van der Waals surface area contributed by atoms with Crippen molar-refractivity contribution in [3.63, 3.8) is 0 Å². The molecule has 0 aromatic heterocycles. The molecule has 4 nitrogen and oxygen atoms in total. The largest absolute Gasteiger partial charge is 0.453 e. The van der Waals surface area contributed by atoms with Crippen molar-refractivity contribution in [2.24, 2.45) is 10.9 Å². The van der Waals surface area contributed by atoms with Gasteiger partial charge in [-0.15, -0.1) is 0 Å². The number of nitrogens with zero attached hydrogens (tertiary/aromatic N) is 1. The minimum atomic E-state index is -0.518. The molecule has 0 amide bonds. The molecule has 0 unspecified atom stereocenters. The second kappa shape index (κ2) is 6.11. The van der Waals surface area contributed by atoms with Gasteiger partial charge in [0.2, 0.25) is 0 Å². The van der Waals surface area contributed by atoms with Crippen molar-refractivity contribution < 1.29 is 14.3 Å². The van der Waals surface area contributed by atoms with Crippen LogP contribution in [0.5, 0.6) is 11.5 Å². The molecular weight excluding hydrogens is 351 g/mol. The van der Waals surface area contributed by atoms with Crippen molar-refractivity contribution in [1.82, 2.24) is 0 Å². The molecule has 7 heteroatoms. The van der Waals surface area contributed by atoms with E-state index in [4.69, 9.17) is 27.3 Å². The molecule has 3 N–H and O–H groups in total. The van der Waals surface area contributed by atoms with E-state index >= 15 is 0 Å². The minimum absolute atomic E-state index is 0.0478. The lowest BCUT2D eigenvalue weighted by molar-refractivity contribution is 0.318. The summed E-state index contributed by atoms with van der Waals surface area (Å²) in [5.74, 6) is -0.279. The maximum atomic E-state index is 13.7. The van der Waals surface area contributed by atoms with Crippen LogP contribution in [-0.4, -0.2) is 11.0 Å². The zero-order chi connectivity index (χ0) is 14.7. The molecule has 2 rings (SSSR count). The second-order valence-electron chi connectivity index (χ2n) is 3.81. The van der Waals surface area contributed by atoms with Gasteiger partial charge in [0.1, 0.15) is 5.75 Å². The summed E-state index contributed by atoms with van der Waals surface area (Å²) in [7, 11) is 0. The predicted octanol–water partition coefficient (Wildman–Crippen LogP) is 4.13. The zero-order valence-electron chi connectivity index (χ0n) is 9.98. The van der Waals surface area contributed by atoms with E-state index in [0.29, 0.717) is 10.0 Å². The first-order valence-corrected chi connectivity index (χ1v) is 6.58. The molecule has 0 heterocycles. The molecule has 2 aromatic rings. The first-order chi connectivity index (χ1) is 9.51. The van der Waals surface area contributed by atoms with Gasteiger partial charge in [-0.2, -0.15) is 0 Å². The number of benzene rings is 2. The van der Waals surface area contributed by atoms with Crippen LogP contribution in [-0.2, 0) is 0 Å². The van der Waals surface area contributed by atoms with Gasteiger partial charge in [-0.3, -0.25) is 0 Å². The van der Waals surface area contributed by atoms with E-state index in [1.165, 1.54) is 24.3 Å². The van der Waals surface area contributed by atoms with Crippen molar-refractivity contribution in [2.45, 2.75) is 0 Å². The van der Waals surface area contributed by atoms with Crippen LogP contribution in [0.1, 0.15) is 5.56 Å². The fraction of sp³-hybridized carbons (Fsp3) is 0. The van der Waals surface area contributed by atoms with Gasteiger partial charge in [-0.05, 0) is 36.4 Å². The van der Waals surface area contributed by atoms with Gasteiger partial charge in [-0.25, -0.2) is 4.39 Å². The molecule has 0 aliphatic rings. The SMILES string of the molecule is NC(=NO)c1ccc(Oc2ccc(Br)cc2F)c(Cl)c1. The van der Waals surface area contributed by atoms with Crippen LogP contribution in [0.3, 0.4) is 0 Å². The Morgan fingerprint density at radius 3 is 2.55 bits per heavy atom. The average Bonchev–Trinajstić information content (AvgIpc) is 2.42. The zero-order valence-corrected chi connectivity index (χ0v) is 12.3. The smallest absolute Gasteiger partial charge is 0.170 e. The molecule has 0 atom stereocenters. The molecule has 20 heavy (non-hydrogen) atoms. The Kier molecular flexibility index (Phi) is 4.46. The van der Waals surface area contributed by atoms with Gasteiger partial charge in [0, 0.05) is 10.0 Å². The lowest BCUT2D eigenvalue weighted by atomic mass is 10.2. The third-order valence-electron chi connectivity index (χ3n) is 2.45. The van der Waals surface area contributed by atoms with Crippen molar-refractivity contribution >= 4 is 33.4 Å². The summed E-state index contributed by atoms with van der Waals surface area (Å²) in [6.45, 7) is 0. The Morgan fingerprint density at radius 1 is 1.25 bits per heavy atom. The number of nitrogens with two attached hydrogens (primary N) is 1. The second-order valence-corrected chi connectivity index (χ2v) is 5.13. The maximum absolute atomic E-state index is 13.7. The molecule has 0 aliphatic carbocycles. The van der Waals surface area contributed by atoms with Gasteiger partial charge in [0.15, 0.2) is 17.4 Å². The average molecular weight is 360 g/mol. The van der Waals surface area contributed by atoms with E-state index in [2.05, 4.69) is 21.1 Å². The van der Waals surface area contributed by atoms with E-state index in [-0.39, 0.29) is 22.4 Å². The Labute approximate surface area is 127 Å². The summed E-state index contributed by atoms with van der Waals surface area (Å²) in [4.78, 5) is 0. The molecule has 104 valence electrons. The van der Waals surface area contributed by atoms with Gasteiger partial charge in [0.25, 0.3) is 0 Å². The molecule has 0 spiro atoms. The standard InChI is InChI=1S/C13H9BrClFN2O2/c14-8-2-4-12(10(16)6-8)20-11-3-1-7(5-9(11)15)13(17)18-19/h1-6,19H,(H2,17,18). The third-order valence-corrected chi connectivity index (χ3v) is 3.24. The quantitative estimate of drug-likeness (QED) is 0.375. The summed E-state index contributed by atoms with van der Waals surface area (Å²) < 4.78 is 19.7. The highest BCUT2D eigenvalue weighted by molar-refractivity contribution is 9.10. The number of hydrogen-bond acceptors (Lipinski definition) is 3. The molecule has 2 aromatic carbocycles. The van der Waals surface area contributed by atoms with Crippen LogP contribution in [0.25, 0.3) is 0 Å². The molecular formula is C13H9BrClFN2O2. The summed E-state index contributed by atoms with van der Waals surface area (Å²) >= 11 is 9.17. The number of halogens is 3.